The molecule has 3 nitrogen and oxygen atoms in total. The molecule has 1 saturated carbocycles. The third-order valence-electron chi connectivity index (χ3n) is 3.62. The lowest BCUT2D eigenvalue weighted by Crippen LogP contribution is -2.22. The number of Topliss-reactive ketones (excluding diaryl/α,β-unsaturated/α-hetero) is 1. The number of hydrogen-bond acceptors (Lipinski definition) is 3. The summed E-state index contributed by atoms with van der Waals surface area (Å²) in [5.74, 6) is 1.97. The number of carbonyl (C=O) groups is 1. The predicted octanol–water partition coefficient (Wildman–Crippen LogP) is 3.63. The molecular weight excluding hydrogens is 250 g/mol. The van der Waals surface area contributed by atoms with E-state index in [0.717, 1.165) is 24.4 Å². The van der Waals surface area contributed by atoms with Crippen molar-refractivity contribution in [3.8, 4) is 5.75 Å². The highest BCUT2D eigenvalue weighted by atomic mass is 16.5. The van der Waals surface area contributed by atoms with E-state index in [0.29, 0.717) is 24.5 Å². The topological polar surface area (TPSA) is 38.7 Å². The van der Waals surface area contributed by atoms with Crippen molar-refractivity contribution < 1.29 is 9.53 Å². The van der Waals surface area contributed by atoms with Gasteiger partial charge in [-0.05, 0) is 36.0 Å². The summed E-state index contributed by atoms with van der Waals surface area (Å²) in [4.78, 5) is 16.5. The van der Waals surface area contributed by atoms with Gasteiger partial charge in [-0.2, -0.15) is 0 Å². The summed E-state index contributed by atoms with van der Waals surface area (Å²) in [6.45, 7) is 5.11. The number of hydrogen-bond donors (Lipinski definition) is 0. The highest BCUT2D eigenvalue weighted by Gasteiger charge is 2.25. The van der Waals surface area contributed by atoms with Crippen LogP contribution in [0.5, 0.6) is 5.75 Å². The van der Waals surface area contributed by atoms with Gasteiger partial charge < -0.3 is 4.74 Å². The first kappa shape index (κ1) is 14.8. The Bertz CT molecular complexity index is 488. The van der Waals surface area contributed by atoms with E-state index in [4.69, 9.17) is 4.74 Å². The SMILES string of the molecule is COc1ccc([C@H]2CC(=O)CC(=NCC(C)C)C2)cc1. The second-order valence-electron chi connectivity index (χ2n) is 5.89. The highest BCUT2D eigenvalue weighted by molar-refractivity contribution is 6.05. The maximum absolute atomic E-state index is 11.9. The first-order valence-corrected chi connectivity index (χ1v) is 7.26. The van der Waals surface area contributed by atoms with E-state index in [1.165, 1.54) is 5.56 Å². The van der Waals surface area contributed by atoms with Crippen LogP contribution in [0.4, 0.5) is 0 Å². The van der Waals surface area contributed by atoms with E-state index >= 15 is 0 Å². The Balaban J connectivity index is 2.10. The molecule has 20 heavy (non-hydrogen) atoms. The molecule has 1 fully saturated rings. The van der Waals surface area contributed by atoms with Gasteiger partial charge >= 0.3 is 0 Å². The van der Waals surface area contributed by atoms with Gasteiger partial charge in [0.1, 0.15) is 11.5 Å². The van der Waals surface area contributed by atoms with Crippen molar-refractivity contribution in [2.75, 3.05) is 13.7 Å². The van der Waals surface area contributed by atoms with Crippen molar-refractivity contribution in [3.05, 3.63) is 29.8 Å². The lowest BCUT2D eigenvalue weighted by atomic mass is 9.82. The first-order chi connectivity index (χ1) is 9.58. The lowest BCUT2D eigenvalue weighted by molar-refractivity contribution is -0.118. The molecule has 0 heterocycles. The molecule has 0 unspecified atom stereocenters. The summed E-state index contributed by atoms with van der Waals surface area (Å²) in [5, 5.41) is 0. The van der Waals surface area contributed by atoms with Crippen LogP contribution in [-0.2, 0) is 4.79 Å². The average Bonchev–Trinajstić information content (AvgIpc) is 2.44. The second-order valence-corrected chi connectivity index (χ2v) is 5.89. The third-order valence-corrected chi connectivity index (χ3v) is 3.62. The minimum absolute atomic E-state index is 0.271. The minimum Gasteiger partial charge on any atom is -0.497 e. The molecule has 3 heteroatoms. The van der Waals surface area contributed by atoms with Crippen LogP contribution in [0.3, 0.4) is 0 Å². The van der Waals surface area contributed by atoms with Gasteiger partial charge in [0.2, 0.25) is 0 Å². The van der Waals surface area contributed by atoms with Gasteiger partial charge in [0.15, 0.2) is 0 Å². The van der Waals surface area contributed by atoms with Gasteiger partial charge in [-0.25, -0.2) is 0 Å². The van der Waals surface area contributed by atoms with E-state index < -0.39 is 0 Å². The highest BCUT2D eigenvalue weighted by Crippen LogP contribution is 2.30. The van der Waals surface area contributed by atoms with Gasteiger partial charge in [-0.1, -0.05) is 26.0 Å². The Hall–Kier alpha value is -1.64. The van der Waals surface area contributed by atoms with Gasteiger partial charge in [-0.3, -0.25) is 9.79 Å². The number of aliphatic imine (C=N–C) groups is 1. The molecule has 1 aromatic rings. The molecule has 0 amide bonds. The summed E-state index contributed by atoms with van der Waals surface area (Å²) >= 11 is 0. The maximum atomic E-state index is 11.9. The Labute approximate surface area is 121 Å². The molecular formula is C17H23NO2. The van der Waals surface area contributed by atoms with Gasteiger partial charge in [0.05, 0.1) is 7.11 Å². The van der Waals surface area contributed by atoms with E-state index in [1.807, 2.05) is 12.1 Å². The zero-order valence-electron chi connectivity index (χ0n) is 12.6. The largest absolute Gasteiger partial charge is 0.497 e. The molecule has 1 aliphatic carbocycles. The van der Waals surface area contributed by atoms with E-state index in [-0.39, 0.29) is 5.92 Å². The standard InChI is InChI=1S/C17H23NO2/c1-12(2)11-18-15-8-14(9-16(19)10-15)13-4-6-17(20-3)7-5-13/h4-7,12,14H,8-11H2,1-3H3/t14-/m1/s1. The summed E-state index contributed by atoms with van der Waals surface area (Å²) in [7, 11) is 1.66. The quantitative estimate of drug-likeness (QED) is 0.840. The van der Waals surface area contributed by atoms with Crippen LogP contribution in [0.15, 0.2) is 29.3 Å². The molecule has 0 N–H and O–H groups in total. The van der Waals surface area contributed by atoms with Gasteiger partial charge in [-0.15, -0.1) is 0 Å². The van der Waals surface area contributed by atoms with Crippen LogP contribution >= 0.6 is 0 Å². The van der Waals surface area contributed by atoms with Crippen LogP contribution in [0.2, 0.25) is 0 Å². The minimum atomic E-state index is 0.271. The lowest BCUT2D eigenvalue weighted by Gasteiger charge is -2.23. The molecule has 0 radical (unpaired) electrons. The molecule has 1 atom stereocenters. The molecule has 0 saturated heterocycles. The van der Waals surface area contributed by atoms with Crippen LogP contribution in [-0.4, -0.2) is 25.1 Å². The molecule has 0 aliphatic heterocycles. The number of carbonyl (C=O) groups excluding carboxylic acids is 1. The van der Waals surface area contributed by atoms with Crippen molar-refractivity contribution in [3.63, 3.8) is 0 Å². The zero-order chi connectivity index (χ0) is 14.5. The van der Waals surface area contributed by atoms with Gasteiger partial charge in [0.25, 0.3) is 0 Å². The summed E-state index contributed by atoms with van der Waals surface area (Å²) < 4.78 is 5.17. The van der Waals surface area contributed by atoms with Crippen molar-refractivity contribution in [2.45, 2.75) is 39.0 Å². The Morgan fingerprint density at radius 2 is 1.95 bits per heavy atom. The number of ketones is 1. The fourth-order valence-corrected chi connectivity index (χ4v) is 2.55. The molecule has 108 valence electrons. The Kier molecular flexibility index (Phi) is 4.94. The molecule has 0 aromatic heterocycles. The molecule has 1 aliphatic rings. The molecule has 0 bridgehead atoms. The fraction of sp³-hybridized carbons (Fsp3) is 0.529. The van der Waals surface area contributed by atoms with Crippen molar-refractivity contribution in [1.82, 2.24) is 0 Å². The fourth-order valence-electron chi connectivity index (χ4n) is 2.55. The number of methoxy groups -OCH3 is 1. The second kappa shape index (κ2) is 6.69. The maximum Gasteiger partial charge on any atom is 0.139 e. The van der Waals surface area contributed by atoms with E-state index in [2.05, 4.69) is 31.0 Å². The number of rotatable bonds is 4. The summed E-state index contributed by atoms with van der Waals surface area (Å²) in [6, 6.07) is 8.03. The van der Waals surface area contributed by atoms with E-state index in [9.17, 15) is 4.79 Å². The summed E-state index contributed by atoms with van der Waals surface area (Å²) in [6.07, 6.45) is 2.08. The van der Waals surface area contributed by atoms with Gasteiger partial charge in [0, 0.05) is 25.1 Å². The molecule has 1 aromatic carbocycles. The average molecular weight is 273 g/mol. The normalized spacial score (nSPS) is 21.5. The summed E-state index contributed by atoms with van der Waals surface area (Å²) in [5.41, 5.74) is 2.27. The number of benzene rings is 1. The van der Waals surface area contributed by atoms with Crippen molar-refractivity contribution >= 4 is 11.5 Å². The zero-order valence-corrected chi connectivity index (χ0v) is 12.6. The van der Waals surface area contributed by atoms with Crippen LogP contribution in [0, 0.1) is 5.92 Å². The third kappa shape index (κ3) is 3.92. The molecule has 2 rings (SSSR count). The Morgan fingerprint density at radius 1 is 1.25 bits per heavy atom. The van der Waals surface area contributed by atoms with Crippen molar-refractivity contribution in [2.24, 2.45) is 10.9 Å². The monoisotopic (exact) mass is 273 g/mol. The van der Waals surface area contributed by atoms with Crippen LogP contribution in [0.1, 0.15) is 44.6 Å². The number of nitrogens with zero attached hydrogens (tertiary/aromatic N) is 1. The van der Waals surface area contributed by atoms with Crippen molar-refractivity contribution in [1.29, 1.82) is 0 Å². The molecule has 0 spiro atoms. The predicted molar refractivity (Wildman–Crippen MR) is 81.7 cm³/mol. The first-order valence-electron chi connectivity index (χ1n) is 7.26. The van der Waals surface area contributed by atoms with Crippen LogP contribution in [0.25, 0.3) is 0 Å². The van der Waals surface area contributed by atoms with E-state index in [1.54, 1.807) is 7.11 Å². The smallest absolute Gasteiger partial charge is 0.139 e. The number of ether oxygens (including phenoxy) is 1. The van der Waals surface area contributed by atoms with Crippen LogP contribution < -0.4 is 4.74 Å². The Morgan fingerprint density at radius 3 is 2.55 bits per heavy atom.